The van der Waals surface area contributed by atoms with E-state index in [2.05, 4.69) is 11.8 Å². The van der Waals surface area contributed by atoms with Crippen molar-refractivity contribution in [2.75, 3.05) is 0 Å². The number of hydrogen-bond donors (Lipinski definition) is 2. The highest BCUT2D eigenvalue weighted by molar-refractivity contribution is 6.30. The molecule has 0 aromatic heterocycles. The largest absolute Gasteiger partial charge is 0.508 e. The van der Waals surface area contributed by atoms with E-state index >= 15 is 0 Å². The summed E-state index contributed by atoms with van der Waals surface area (Å²) in [6, 6.07) is 12.0. The number of benzene rings is 2. The molecule has 96 valence electrons. The minimum absolute atomic E-state index is 0.124. The van der Waals surface area contributed by atoms with Crippen LogP contribution in [0.1, 0.15) is 17.5 Å². The Bertz CT molecular complexity index is 639. The molecule has 2 rings (SSSR count). The fourth-order valence-electron chi connectivity index (χ4n) is 1.69. The predicted molar refractivity (Wildman–Crippen MR) is 76.4 cm³/mol. The van der Waals surface area contributed by atoms with Crippen LogP contribution in [0.3, 0.4) is 0 Å². The molecular formula is C16H13ClO2. The van der Waals surface area contributed by atoms with Gasteiger partial charge >= 0.3 is 0 Å². The van der Waals surface area contributed by atoms with Gasteiger partial charge < -0.3 is 10.2 Å². The molecule has 0 saturated carbocycles. The Morgan fingerprint density at radius 3 is 2.58 bits per heavy atom. The summed E-state index contributed by atoms with van der Waals surface area (Å²) in [6.45, 7) is 0. The second-order valence-electron chi connectivity index (χ2n) is 4.09. The number of hydrogen-bond acceptors (Lipinski definition) is 2. The third-order valence-electron chi connectivity index (χ3n) is 2.69. The van der Waals surface area contributed by atoms with Gasteiger partial charge in [0, 0.05) is 11.4 Å². The number of halogens is 1. The van der Waals surface area contributed by atoms with Crippen molar-refractivity contribution in [3.05, 3.63) is 58.6 Å². The minimum atomic E-state index is 0.124. The average Bonchev–Trinajstić information content (AvgIpc) is 2.40. The van der Waals surface area contributed by atoms with Crippen LogP contribution in [-0.4, -0.2) is 10.2 Å². The van der Waals surface area contributed by atoms with Gasteiger partial charge in [-0.15, -0.1) is 0 Å². The van der Waals surface area contributed by atoms with Crippen molar-refractivity contribution in [1.29, 1.82) is 0 Å². The molecule has 0 amide bonds. The average molecular weight is 273 g/mol. The van der Waals surface area contributed by atoms with Crippen molar-refractivity contribution in [3.8, 4) is 23.3 Å². The van der Waals surface area contributed by atoms with E-state index in [0.29, 0.717) is 23.4 Å². The van der Waals surface area contributed by atoms with Crippen molar-refractivity contribution in [3.63, 3.8) is 0 Å². The minimum Gasteiger partial charge on any atom is -0.508 e. The lowest BCUT2D eigenvalue weighted by molar-refractivity contribution is 0.468. The van der Waals surface area contributed by atoms with E-state index in [4.69, 9.17) is 11.6 Å². The Hall–Kier alpha value is -2.11. The molecular weight excluding hydrogens is 260 g/mol. The molecule has 2 aromatic rings. The monoisotopic (exact) mass is 272 g/mol. The van der Waals surface area contributed by atoms with Crippen LogP contribution >= 0.6 is 11.6 Å². The van der Waals surface area contributed by atoms with Crippen LogP contribution in [0.25, 0.3) is 0 Å². The summed E-state index contributed by atoms with van der Waals surface area (Å²) in [5, 5.41) is 19.7. The number of aromatic hydroxyl groups is 2. The van der Waals surface area contributed by atoms with E-state index in [1.54, 1.807) is 24.3 Å². The zero-order valence-electron chi connectivity index (χ0n) is 10.2. The molecule has 3 heteroatoms. The SMILES string of the molecule is Oc1ccc(Cl)cc1C#CCCc1ccccc1O. The van der Waals surface area contributed by atoms with Gasteiger partial charge in [0.15, 0.2) is 0 Å². The van der Waals surface area contributed by atoms with E-state index in [0.717, 1.165) is 5.56 Å². The van der Waals surface area contributed by atoms with Crippen molar-refractivity contribution < 1.29 is 10.2 Å². The highest BCUT2D eigenvalue weighted by Crippen LogP contribution is 2.20. The van der Waals surface area contributed by atoms with Crippen LogP contribution in [0.4, 0.5) is 0 Å². The molecule has 0 unspecified atom stereocenters. The Morgan fingerprint density at radius 1 is 1.00 bits per heavy atom. The van der Waals surface area contributed by atoms with Gasteiger partial charge in [-0.3, -0.25) is 0 Å². The van der Waals surface area contributed by atoms with Gasteiger partial charge in [-0.25, -0.2) is 0 Å². The highest BCUT2D eigenvalue weighted by atomic mass is 35.5. The summed E-state index contributed by atoms with van der Waals surface area (Å²) in [6.07, 6.45) is 1.27. The van der Waals surface area contributed by atoms with Gasteiger partial charge in [0.2, 0.25) is 0 Å². The van der Waals surface area contributed by atoms with E-state index in [9.17, 15) is 10.2 Å². The summed E-state index contributed by atoms with van der Waals surface area (Å²) in [7, 11) is 0. The van der Waals surface area contributed by atoms with Crippen molar-refractivity contribution >= 4 is 11.6 Å². The lowest BCUT2D eigenvalue weighted by Gasteiger charge is -2.00. The van der Waals surface area contributed by atoms with Crippen LogP contribution in [0.2, 0.25) is 5.02 Å². The van der Waals surface area contributed by atoms with Crippen LogP contribution in [0, 0.1) is 11.8 Å². The molecule has 0 aliphatic heterocycles. The maximum absolute atomic E-state index is 9.60. The molecule has 2 nitrogen and oxygen atoms in total. The number of phenolic OH excluding ortho intramolecular Hbond substituents is 2. The maximum atomic E-state index is 9.60. The first kappa shape index (κ1) is 13.3. The van der Waals surface area contributed by atoms with E-state index < -0.39 is 0 Å². The molecule has 0 fully saturated rings. The molecule has 0 heterocycles. The van der Waals surface area contributed by atoms with Gasteiger partial charge in [-0.2, -0.15) is 0 Å². The van der Waals surface area contributed by atoms with Crippen molar-refractivity contribution in [1.82, 2.24) is 0 Å². The molecule has 0 bridgehead atoms. The first-order valence-electron chi connectivity index (χ1n) is 5.91. The van der Waals surface area contributed by atoms with Crippen LogP contribution in [0.15, 0.2) is 42.5 Å². The van der Waals surface area contributed by atoms with Crippen LogP contribution in [-0.2, 0) is 6.42 Å². The summed E-state index contributed by atoms with van der Waals surface area (Å²) < 4.78 is 0. The molecule has 0 saturated heterocycles. The van der Waals surface area contributed by atoms with Gasteiger partial charge in [0.25, 0.3) is 0 Å². The Kier molecular flexibility index (Phi) is 4.33. The molecule has 2 aromatic carbocycles. The normalized spacial score (nSPS) is 9.74. The Balaban J connectivity index is 2.02. The highest BCUT2D eigenvalue weighted by Gasteiger charge is 1.99. The summed E-state index contributed by atoms with van der Waals surface area (Å²) in [5.74, 6) is 6.25. The van der Waals surface area contributed by atoms with Gasteiger partial charge in [-0.05, 0) is 36.2 Å². The predicted octanol–water partition coefficient (Wildman–Crippen LogP) is 3.74. The van der Waals surface area contributed by atoms with Crippen molar-refractivity contribution in [2.24, 2.45) is 0 Å². The third-order valence-corrected chi connectivity index (χ3v) is 2.93. The number of aryl methyl sites for hydroxylation is 1. The zero-order valence-corrected chi connectivity index (χ0v) is 11.0. The molecule has 0 atom stereocenters. The second-order valence-corrected chi connectivity index (χ2v) is 4.53. The first-order chi connectivity index (χ1) is 9.16. The summed E-state index contributed by atoms with van der Waals surface area (Å²) in [4.78, 5) is 0. The zero-order chi connectivity index (χ0) is 13.7. The smallest absolute Gasteiger partial charge is 0.131 e. The van der Waals surface area contributed by atoms with E-state index in [1.165, 1.54) is 6.07 Å². The van der Waals surface area contributed by atoms with E-state index in [1.807, 2.05) is 12.1 Å². The molecule has 0 aliphatic rings. The molecule has 0 radical (unpaired) electrons. The van der Waals surface area contributed by atoms with E-state index in [-0.39, 0.29) is 11.5 Å². The lowest BCUT2D eigenvalue weighted by atomic mass is 10.1. The topological polar surface area (TPSA) is 40.5 Å². The standard InChI is InChI=1S/C16H13ClO2/c17-14-9-10-16(19)13(11-14)7-2-1-5-12-6-3-4-8-15(12)18/h3-4,6,8-11,18-19H,1,5H2. The first-order valence-corrected chi connectivity index (χ1v) is 6.29. The third kappa shape index (κ3) is 3.67. The second kappa shape index (κ2) is 6.17. The fourth-order valence-corrected chi connectivity index (χ4v) is 1.86. The van der Waals surface area contributed by atoms with Crippen LogP contribution < -0.4 is 0 Å². The van der Waals surface area contributed by atoms with Crippen molar-refractivity contribution in [2.45, 2.75) is 12.8 Å². The Labute approximate surface area is 117 Å². The summed E-state index contributed by atoms with van der Waals surface area (Å²) in [5.41, 5.74) is 1.39. The number of phenols is 2. The maximum Gasteiger partial charge on any atom is 0.131 e. The molecule has 0 spiro atoms. The number of para-hydroxylation sites is 1. The summed E-state index contributed by atoms with van der Waals surface area (Å²) >= 11 is 5.83. The van der Waals surface area contributed by atoms with Gasteiger partial charge in [-0.1, -0.05) is 41.6 Å². The quantitative estimate of drug-likeness (QED) is 0.818. The fraction of sp³-hybridized carbons (Fsp3) is 0.125. The molecule has 19 heavy (non-hydrogen) atoms. The lowest BCUT2D eigenvalue weighted by Crippen LogP contribution is -1.84. The molecule has 0 aliphatic carbocycles. The van der Waals surface area contributed by atoms with Gasteiger partial charge in [0.1, 0.15) is 11.5 Å². The number of rotatable bonds is 2. The van der Waals surface area contributed by atoms with Crippen LogP contribution in [0.5, 0.6) is 11.5 Å². The molecule has 2 N–H and O–H groups in total. The van der Waals surface area contributed by atoms with Gasteiger partial charge in [0.05, 0.1) is 5.56 Å². The Morgan fingerprint density at radius 2 is 1.79 bits per heavy atom.